The number of anilines is 1. The van der Waals surface area contributed by atoms with Gasteiger partial charge in [-0.1, -0.05) is 12.2 Å². The summed E-state index contributed by atoms with van der Waals surface area (Å²) >= 11 is 0. The molecule has 4 heteroatoms. The molecule has 2 aromatic carbocycles. The third-order valence-corrected chi connectivity index (χ3v) is 4.33. The lowest BCUT2D eigenvalue weighted by Crippen LogP contribution is -2.02. The fraction of sp³-hybridized carbons (Fsp3) is 0.208. The molecule has 0 aliphatic carbocycles. The van der Waals surface area contributed by atoms with Gasteiger partial charge in [-0.3, -0.25) is 4.79 Å². The predicted octanol–water partition coefficient (Wildman–Crippen LogP) is 5.19. The molecule has 0 aromatic heterocycles. The van der Waals surface area contributed by atoms with Crippen molar-refractivity contribution in [3.05, 3.63) is 84.0 Å². The molecule has 146 valence electrons. The molecule has 0 saturated carbocycles. The Hall–Kier alpha value is -3.27. The van der Waals surface area contributed by atoms with E-state index < -0.39 is 0 Å². The molecule has 0 fully saturated rings. The van der Waals surface area contributed by atoms with Gasteiger partial charge >= 0.3 is 0 Å². The number of benzene rings is 2. The molecule has 2 rings (SSSR count). The summed E-state index contributed by atoms with van der Waals surface area (Å²) < 4.78 is 5.80. The van der Waals surface area contributed by atoms with E-state index in [-0.39, 0.29) is 11.5 Å². The van der Waals surface area contributed by atoms with Gasteiger partial charge in [-0.2, -0.15) is 0 Å². The molecule has 0 spiro atoms. The smallest absolute Gasteiger partial charge is 0.185 e. The van der Waals surface area contributed by atoms with E-state index in [2.05, 4.69) is 18.5 Å². The molecule has 0 unspecified atom stereocenters. The van der Waals surface area contributed by atoms with Gasteiger partial charge in [-0.25, -0.2) is 0 Å². The van der Waals surface area contributed by atoms with Crippen LogP contribution in [0.4, 0.5) is 5.69 Å². The summed E-state index contributed by atoms with van der Waals surface area (Å²) in [7, 11) is 1.83. The number of hydrogen-bond donors (Lipinski definition) is 2. The number of carbonyl (C=O) groups excluding carboxylic acids is 1. The van der Waals surface area contributed by atoms with Crippen LogP contribution in [0.3, 0.4) is 0 Å². The Morgan fingerprint density at radius 3 is 2.43 bits per heavy atom. The minimum Gasteiger partial charge on any atom is -0.507 e. The van der Waals surface area contributed by atoms with E-state index in [9.17, 15) is 9.90 Å². The van der Waals surface area contributed by atoms with Crippen molar-refractivity contribution in [1.82, 2.24) is 0 Å². The normalized spacial score (nSPS) is 10.6. The average molecular weight is 377 g/mol. The lowest BCUT2D eigenvalue weighted by atomic mass is 9.97. The lowest BCUT2D eigenvalue weighted by molar-refractivity contribution is 0.104. The summed E-state index contributed by atoms with van der Waals surface area (Å²) in [5, 5.41) is 13.6. The quantitative estimate of drug-likeness (QED) is 0.340. The van der Waals surface area contributed by atoms with Crippen LogP contribution in [0.25, 0.3) is 6.08 Å². The number of phenolic OH excluding ortho intramolecular Hbond substituents is 1. The van der Waals surface area contributed by atoms with Crippen LogP contribution >= 0.6 is 0 Å². The summed E-state index contributed by atoms with van der Waals surface area (Å²) in [6, 6.07) is 9.12. The molecular formula is C24H27NO3. The summed E-state index contributed by atoms with van der Waals surface area (Å²) in [5.74, 6) is 0.658. The van der Waals surface area contributed by atoms with Crippen molar-refractivity contribution in [3.63, 3.8) is 0 Å². The third kappa shape index (κ3) is 4.92. The maximum absolute atomic E-state index is 12.5. The zero-order valence-corrected chi connectivity index (χ0v) is 16.5. The Kier molecular flexibility index (Phi) is 7.64. The predicted molar refractivity (Wildman–Crippen MR) is 116 cm³/mol. The van der Waals surface area contributed by atoms with Crippen molar-refractivity contribution in [3.8, 4) is 11.5 Å². The van der Waals surface area contributed by atoms with E-state index in [1.54, 1.807) is 30.4 Å². The van der Waals surface area contributed by atoms with E-state index in [1.807, 2.05) is 32.2 Å². The first-order valence-corrected chi connectivity index (χ1v) is 9.28. The zero-order valence-electron chi connectivity index (χ0n) is 16.5. The minimum absolute atomic E-state index is 0.103. The highest BCUT2D eigenvalue weighted by Gasteiger charge is 2.16. The minimum atomic E-state index is -0.103. The Bertz CT molecular complexity index is 880. The molecule has 4 nitrogen and oxygen atoms in total. The maximum Gasteiger partial charge on any atom is 0.185 e. The van der Waals surface area contributed by atoms with Crippen molar-refractivity contribution in [2.45, 2.75) is 19.8 Å². The number of ether oxygens (including phenoxy) is 1. The zero-order chi connectivity index (χ0) is 20.5. The van der Waals surface area contributed by atoms with Gasteiger partial charge in [-0.05, 0) is 67.8 Å². The van der Waals surface area contributed by atoms with Crippen molar-refractivity contribution in [1.29, 1.82) is 0 Å². The van der Waals surface area contributed by atoms with Crippen LogP contribution in [0, 0.1) is 0 Å². The fourth-order valence-electron chi connectivity index (χ4n) is 2.94. The Morgan fingerprint density at radius 1 is 1.18 bits per heavy atom. The molecule has 0 aliphatic rings. The number of carbonyl (C=O) groups is 1. The molecule has 0 bridgehead atoms. The first kappa shape index (κ1) is 21.0. The largest absolute Gasteiger partial charge is 0.507 e. The van der Waals surface area contributed by atoms with Crippen LogP contribution in [-0.2, 0) is 12.8 Å². The first-order valence-electron chi connectivity index (χ1n) is 9.28. The summed E-state index contributed by atoms with van der Waals surface area (Å²) in [6.45, 7) is 9.85. The number of hydrogen-bond acceptors (Lipinski definition) is 4. The molecule has 2 aromatic rings. The third-order valence-electron chi connectivity index (χ3n) is 4.33. The highest BCUT2D eigenvalue weighted by molar-refractivity contribution is 6.07. The van der Waals surface area contributed by atoms with Gasteiger partial charge in [0.2, 0.25) is 0 Å². The molecule has 0 heterocycles. The highest BCUT2D eigenvalue weighted by Crippen LogP contribution is 2.37. The van der Waals surface area contributed by atoms with Crippen LogP contribution in [-0.4, -0.2) is 24.5 Å². The highest BCUT2D eigenvalue weighted by atomic mass is 16.5. The van der Waals surface area contributed by atoms with E-state index in [1.165, 1.54) is 6.08 Å². The van der Waals surface area contributed by atoms with Crippen LogP contribution in [0.5, 0.6) is 11.5 Å². The van der Waals surface area contributed by atoms with Crippen molar-refractivity contribution in [2.75, 3.05) is 19.0 Å². The number of ketones is 1. The average Bonchev–Trinajstić information content (AvgIpc) is 2.71. The number of rotatable bonds is 10. The molecule has 0 amide bonds. The van der Waals surface area contributed by atoms with Gasteiger partial charge in [0.15, 0.2) is 5.78 Å². The standard InChI is InChI=1S/C24H27NO3/c1-5-8-18-16-19(24(28-7-3)21(9-6-2)23(18)27)12-15-22(26)17-10-13-20(25-4)14-11-17/h5-6,10-16,25,27H,1-2,7-9H2,3-4H3. The lowest BCUT2D eigenvalue weighted by Gasteiger charge is -2.17. The molecule has 0 radical (unpaired) electrons. The van der Waals surface area contributed by atoms with Gasteiger partial charge in [0.25, 0.3) is 0 Å². The van der Waals surface area contributed by atoms with Gasteiger partial charge in [0, 0.05) is 29.4 Å². The summed E-state index contributed by atoms with van der Waals surface area (Å²) in [5.41, 5.74) is 3.70. The number of aromatic hydroxyl groups is 1. The van der Waals surface area contributed by atoms with Gasteiger partial charge in [0.1, 0.15) is 11.5 Å². The monoisotopic (exact) mass is 377 g/mol. The second kappa shape index (κ2) is 10.2. The van der Waals surface area contributed by atoms with Gasteiger partial charge < -0.3 is 15.2 Å². The molecule has 28 heavy (non-hydrogen) atoms. The van der Waals surface area contributed by atoms with E-state index in [4.69, 9.17) is 4.74 Å². The number of nitrogens with one attached hydrogen (secondary N) is 1. The molecule has 2 N–H and O–H groups in total. The Balaban J connectivity index is 2.45. The molecule has 0 aliphatic heterocycles. The van der Waals surface area contributed by atoms with Crippen LogP contribution in [0.2, 0.25) is 0 Å². The van der Waals surface area contributed by atoms with Gasteiger partial charge in [0.05, 0.1) is 6.61 Å². The topological polar surface area (TPSA) is 58.6 Å². The van der Waals surface area contributed by atoms with Gasteiger partial charge in [-0.15, -0.1) is 13.2 Å². The van der Waals surface area contributed by atoms with E-state index >= 15 is 0 Å². The van der Waals surface area contributed by atoms with Crippen molar-refractivity contribution >= 4 is 17.5 Å². The molecular weight excluding hydrogens is 350 g/mol. The molecule has 0 saturated heterocycles. The fourth-order valence-corrected chi connectivity index (χ4v) is 2.94. The van der Waals surface area contributed by atoms with E-state index in [0.717, 1.165) is 16.8 Å². The maximum atomic E-state index is 12.5. The summed E-state index contributed by atoms with van der Waals surface area (Å²) in [6.07, 6.45) is 7.69. The van der Waals surface area contributed by atoms with Crippen molar-refractivity contribution in [2.24, 2.45) is 0 Å². The van der Waals surface area contributed by atoms with E-state index in [0.29, 0.717) is 36.3 Å². The number of phenols is 1. The van der Waals surface area contributed by atoms with Crippen LogP contribution in [0.15, 0.2) is 61.7 Å². The Labute approximate surface area is 166 Å². The SMILES string of the molecule is C=CCc1cc(C=CC(=O)c2ccc(NC)cc2)c(OCC)c(CC=C)c1O. The second-order valence-corrected chi connectivity index (χ2v) is 6.22. The van der Waals surface area contributed by atoms with Crippen molar-refractivity contribution < 1.29 is 14.6 Å². The first-order chi connectivity index (χ1) is 13.5. The van der Waals surface area contributed by atoms with Crippen LogP contribution in [0.1, 0.15) is 34.0 Å². The van der Waals surface area contributed by atoms with Crippen LogP contribution < -0.4 is 10.1 Å². The Morgan fingerprint density at radius 2 is 1.86 bits per heavy atom. The second-order valence-electron chi connectivity index (χ2n) is 6.22. The molecule has 0 atom stereocenters. The number of allylic oxidation sites excluding steroid dienone is 3. The summed E-state index contributed by atoms with van der Waals surface area (Å²) in [4.78, 5) is 12.5.